The van der Waals surface area contributed by atoms with Crippen LogP contribution in [0.5, 0.6) is 5.75 Å². The molecule has 26 heavy (non-hydrogen) atoms. The van der Waals surface area contributed by atoms with Gasteiger partial charge in [-0.05, 0) is 51.1 Å². The van der Waals surface area contributed by atoms with Crippen molar-refractivity contribution in [2.24, 2.45) is 4.99 Å². The van der Waals surface area contributed by atoms with Crippen LogP contribution >= 0.6 is 20.7 Å². The van der Waals surface area contributed by atoms with Crippen LogP contribution in [0.4, 0.5) is 15.8 Å². The Morgan fingerprint density at radius 3 is 2.81 bits per heavy atom. The van der Waals surface area contributed by atoms with Crippen LogP contribution in [0.2, 0.25) is 0 Å². The average Bonchev–Trinajstić information content (AvgIpc) is 3.01. The third kappa shape index (κ3) is 3.04. The number of rotatable bonds is 3. The van der Waals surface area contributed by atoms with Crippen molar-refractivity contribution in [2.45, 2.75) is 26.3 Å². The number of ether oxygens (including phenoxy) is 1. The fourth-order valence-electron chi connectivity index (χ4n) is 3.14. The Morgan fingerprint density at radius 2 is 2.00 bits per heavy atom. The van der Waals surface area contributed by atoms with E-state index in [0.29, 0.717) is 6.61 Å². The van der Waals surface area contributed by atoms with Crippen LogP contribution in [0.25, 0.3) is 11.1 Å². The molecule has 6 heteroatoms. The monoisotopic (exact) mass is 386 g/mol. The number of benzene rings is 2. The lowest BCUT2D eigenvalue weighted by Crippen LogP contribution is -2.31. The maximum Gasteiger partial charge on any atom is 0.135 e. The molecule has 1 aliphatic heterocycles. The summed E-state index contributed by atoms with van der Waals surface area (Å²) in [7, 11) is 3.32. The number of nitrogens with zero attached hydrogens (tertiary/aromatic N) is 1. The van der Waals surface area contributed by atoms with Gasteiger partial charge in [0.25, 0.3) is 0 Å². The number of fused-ring (bicyclic) bond motifs is 3. The first-order valence-electron chi connectivity index (χ1n) is 8.47. The largest absolute Gasteiger partial charge is 0.494 e. The Balaban J connectivity index is 1.91. The van der Waals surface area contributed by atoms with E-state index in [1.807, 2.05) is 31.2 Å². The summed E-state index contributed by atoms with van der Waals surface area (Å²) in [5.41, 5.74) is 3.45. The SMILES string of the molecule is CCOc1cccc(N=c2ssc3c2-c2cc(F)ccc2NC3(C)C)c1. The standard InChI is InChI=1S/C20H19FN2OS2/c1-4-24-14-7-5-6-13(11-14)22-19-17-15-10-12(21)8-9-16(15)23-20(2,3)18(17)25-26-19/h5-11,23H,4H2,1-3H3. The fraction of sp³-hybridized carbons (Fsp3) is 0.250. The molecule has 0 atom stereocenters. The van der Waals surface area contributed by atoms with Gasteiger partial charge in [-0.3, -0.25) is 0 Å². The molecule has 1 aliphatic rings. The van der Waals surface area contributed by atoms with Crippen LogP contribution in [0.1, 0.15) is 25.6 Å². The molecular weight excluding hydrogens is 367 g/mol. The molecule has 3 nitrogen and oxygen atoms in total. The van der Waals surface area contributed by atoms with Crippen molar-refractivity contribution >= 4 is 32.1 Å². The lowest BCUT2D eigenvalue weighted by Gasteiger charge is -2.33. The fourth-order valence-corrected chi connectivity index (χ4v) is 6.08. The van der Waals surface area contributed by atoms with Crippen molar-refractivity contribution in [3.8, 4) is 16.9 Å². The molecule has 2 heterocycles. The van der Waals surface area contributed by atoms with Gasteiger partial charge in [-0.15, -0.1) is 0 Å². The van der Waals surface area contributed by atoms with Crippen molar-refractivity contribution in [3.05, 3.63) is 57.8 Å². The Bertz CT molecular complexity index is 1040. The Hall–Kier alpha value is -2.18. The molecule has 134 valence electrons. The molecule has 0 saturated carbocycles. The number of nitrogens with one attached hydrogen (secondary N) is 1. The van der Waals surface area contributed by atoms with E-state index in [1.165, 1.54) is 10.9 Å². The molecule has 0 saturated heterocycles. The summed E-state index contributed by atoms with van der Waals surface area (Å²) in [6, 6.07) is 12.6. The van der Waals surface area contributed by atoms with E-state index < -0.39 is 0 Å². The van der Waals surface area contributed by atoms with E-state index >= 15 is 0 Å². The maximum atomic E-state index is 13.9. The van der Waals surface area contributed by atoms with Crippen molar-refractivity contribution in [1.29, 1.82) is 0 Å². The molecule has 0 aliphatic carbocycles. The first-order valence-corrected chi connectivity index (χ1v) is 10.6. The van der Waals surface area contributed by atoms with Crippen LogP contribution in [0.3, 0.4) is 0 Å². The Labute approximate surface area is 159 Å². The van der Waals surface area contributed by atoms with Gasteiger partial charge in [0, 0.05) is 22.9 Å². The van der Waals surface area contributed by atoms with Gasteiger partial charge in [-0.2, -0.15) is 0 Å². The first kappa shape index (κ1) is 17.2. The second-order valence-electron chi connectivity index (χ2n) is 6.66. The van der Waals surface area contributed by atoms with Crippen LogP contribution < -0.4 is 14.7 Å². The van der Waals surface area contributed by atoms with Gasteiger partial charge in [-0.1, -0.05) is 26.7 Å². The summed E-state index contributed by atoms with van der Waals surface area (Å²) in [5.74, 6) is 0.563. The van der Waals surface area contributed by atoms with Gasteiger partial charge in [0.05, 0.1) is 22.7 Å². The highest BCUT2D eigenvalue weighted by molar-refractivity contribution is 7.68. The van der Waals surface area contributed by atoms with E-state index in [4.69, 9.17) is 9.73 Å². The number of anilines is 1. The minimum absolute atomic E-state index is 0.220. The van der Waals surface area contributed by atoms with E-state index in [-0.39, 0.29) is 11.4 Å². The molecule has 0 unspecified atom stereocenters. The quantitative estimate of drug-likeness (QED) is 0.568. The maximum absolute atomic E-state index is 13.9. The summed E-state index contributed by atoms with van der Waals surface area (Å²) < 4.78 is 20.4. The van der Waals surface area contributed by atoms with Gasteiger partial charge in [0.1, 0.15) is 16.2 Å². The zero-order chi connectivity index (χ0) is 18.3. The molecule has 1 aromatic heterocycles. The van der Waals surface area contributed by atoms with Crippen molar-refractivity contribution in [1.82, 2.24) is 0 Å². The number of halogens is 1. The van der Waals surface area contributed by atoms with E-state index in [2.05, 4.69) is 19.2 Å². The zero-order valence-electron chi connectivity index (χ0n) is 14.8. The summed E-state index contributed by atoms with van der Waals surface area (Å²) >= 11 is 0. The smallest absolute Gasteiger partial charge is 0.135 e. The summed E-state index contributed by atoms with van der Waals surface area (Å²) in [6.07, 6.45) is 0. The third-order valence-electron chi connectivity index (χ3n) is 4.27. The highest BCUT2D eigenvalue weighted by atomic mass is 32.9. The van der Waals surface area contributed by atoms with Gasteiger partial charge < -0.3 is 10.1 Å². The molecule has 0 bridgehead atoms. The second-order valence-corrected chi connectivity index (χ2v) is 8.79. The highest BCUT2D eigenvalue weighted by Gasteiger charge is 2.33. The Morgan fingerprint density at radius 1 is 1.15 bits per heavy atom. The van der Waals surface area contributed by atoms with E-state index in [1.54, 1.807) is 32.8 Å². The average molecular weight is 387 g/mol. The highest BCUT2D eigenvalue weighted by Crippen LogP contribution is 2.45. The predicted molar refractivity (Wildman–Crippen MR) is 107 cm³/mol. The van der Waals surface area contributed by atoms with Crippen molar-refractivity contribution in [2.75, 3.05) is 11.9 Å². The third-order valence-corrected chi connectivity index (χ3v) is 6.91. The summed E-state index contributed by atoms with van der Waals surface area (Å²) in [6.45, 7) is 6.86. The molecule has 0 spiro atoms. The molecule has 0 fully saturated rings. The first-order chi connectivity index (χ1) is 12.5. The topological polar surface area (TPSA) is 33.6 Å². The van der Waals surface area contributed by atoms with Crippen molar-refractivity contribution < 1.29 is 9.13 Å². The predicted octanol–water partition coefficient (Wildman–Crippen LogP) is 5.91. The zero-order valence-corrected chi connectivity index (χ0v) is 16.4. The van der Waals surface area contributed by atoms with Crippen LogP contribution in [-0.4, -0.2) is 6.61 Å². The van der Waals surface area contributed by atoms with Gasteiger partial charge in [-0.25, -0.2) is 9.38 Å². The van der Waals surface area contributed by atoms with Crippen LogP contribution in [0.15, 0.2) is 47.5 Å². The van der Waals surface area contributed by atoms with E-state index in [0.717, 1.165) is 32.9 Å². The Kier molecular flexibility index (Phi) is 4.32. The normalized spacial score (nSPS) is 15.2. The minimum Gasteiger partial charge on any atom is -0.494 e. The van der Waals surface area contributed by atoms with Gasteiger partial charge >= 0.3 is 0 Å². The summed E-state index contributed by atoms with van der Waals surface area (Å²) in [4.78, 5) is 6.03. The summed E-state index contributed by atoms with van der Waals surface area (Å²) in [5, 5.41) is 3.51. The molecule has 1 N–H and O–H groups in total. The van der Waals surface area contributed by atoms with Gasteiger partial charge in [0.15, 0.2) is 0 Å². The molecule has 4 rings (SSSR count). The second kappa shape index (κ2) is 6.52. The molecule has 0 amide bonds. The molecular formula is C20H19FN2OS2. The molecule has 3 aromatic rings. The van der Waals surface area contributed by atoms with E-state index in [9.17, 15) is 4.39 Å². The molecule has 0 radical (unpaired) electrons. The number of hydrogen-bond donors (Lipinski definition) is 1. The number of hydrogen-bond acceptors (Lipinski definition) is 5. The van der Waals surface area contributed by atoms with Crippen molar-refractivity contribution in [3.63, 3.8) is 0 Å². The lowest BCUT2D eigenvalue weighted by atomic mass is 9.90. The van der Waals surface area contributed by atoms with Gasteiger partial charge in [0.2, 0.25) is 0 Å². The van der Waals surface area contributed by atoms with Crippen LogP contribution in [0, 0.1) is 5.82 Å². The molecule has 2 aromatic carbocycles. The lowest BCUT2D eigenvalue weighted by molar-refractivity contribution is 0.340. The van der Waals surface area contributed by atoms with Crippen LogP contribution in [-0.2, 0) is 5.54 Å². The minimum atomic E-state index is -0.239.